The fourth-order valence-corrected chi connectivity index (χ4v) is 4.19. The van der Waals surface area contributed by atoms with Gasteiger partial charge in [-0.25, -0.2) is 4.98 Å². The van der Waals surface area contributed by atoms with Crippen molar-refractivity contribution in [3.63, 3.8) is 0 Å². The zero-order valence-electron chi connectivity index (χ0n) is 19.5. The number of benzene rings is 2. The van der Waals surface area contributed by atoms with Crippen molar-refractivity contribution in [2.45, 2.75) is 20.8 Å². The maximum absolute atomic E-state index is 13.1. The molecule has 2 aromatic heterocycles. The van der Waals surface area contributed by atoms with E-state index in [-0.39, 0.29) is 5.91 Å². The zero-order valence-corrected chi connectivity index (χ0v) is 20.3. The minimum atomic E-state index is -0.283. The first-order valence-corrected chi connectivity index (χ1v) is 11.8. The van der Waals surface area contributed by atoms with Gasteiger partial charge in [-0.05, 0) is 51.1 Å². The van der Waals surface area contributed by atoms with Crippen molar-refractivity contribution in [1.29, 1.82) is 0 Å². The quantitative estimate of drug-likeness (QED) is 0.348. The minimum Gasteiger partial charge on any atom is -0.497 e. The standard InChI is InChI=1S/C25H26N4O4S/c1-5-32-21-11-10-18(14-22(21)33-6-2)24(30)27-23-12-16(3)28-29(23)25-26-20(15-34-25)17-8-7-9-19(13-17)31-4/h7-15H,5-6H2,1-4H3,(H,27,30). The molecule has 1 N–H and O–H groups in total. The van der Waals surface area contributed by atoms with E-state index in [9.17, 15) is 4.79 Å². The molecule has 34 heavy (non-hydrogen) atoms. The number of rotatable bonds is 9. The highest BCUT2D eigenvalue weighted by Crippen LogP contribution is 2.30. The Morgan fingerprint density at radius 3 is 2.62 bits per heavy atom. The molecule has 0 saturated carbocycles. The average molecular weight is 479 g/mol. The van der Waals surface area contributed by atoms with Crippen LogP contribution in [0.4, 0.5) is 5.82 Å². The third kappa shape index (κ3) is 5.04. The summed E-state index contributed by atoms with van der Waals surface area (Å²) in [7, 11) is 1.63. The van der Waals surface area contributed by atoms with E-state index in [0.717, 1.165) is 22.7 Å². The summed E-state index contributed by atoms with van der Waals surface area (Å²) < 4.78 is 18.2. The predicted molar refractivity (Wildman–Crippen MR) is 133 cm³/mol. The van der Waals surface area contributed by atoms with E-state index in [1.54, 1.807) is 30.0 Å². The highest BCUT2D eigenvalue weighted by Gasteiger charge is 2.17. The number of ether oxygens (including phenoxy) is 3. The van der Waals surface area contributed by atoms with Gasteiger partial charge in [-0.15, -0.1) is 11.3 Å². The second-order valence-electron chi connectivity index (χ2n) is 7.31. The molecule has 4 aromatic rings. The predicted octanol–water partition coefficient (Wildman–Crippen LogP) is 5.36. The lowest BCUT2D eigenvalue weighted by molar-refractivity contribution is 0.102. The normalized spacial score (nSPS) is 10.7. The van der Waals surface area contributed by atoms with Crippen molar-refractivity contribution in [1.82, 2.24) is 14.8 Å². The van der Waals surface area contributed by atoms with Crippen molar-refractivity contribution < 1.29 is 19.0 Å². The summed E-state index contributed by atoms with van der Waals surface area (Å²) in [6.07, 6.45) is 0. The Bertz CT molecular complexity index is 1300. The molecule has 0 fully saturated rings. The zero-order chi connectivity index (χ0) is 24.1. The maximum atomic E-state index is 13.1. The van der Waals surface area contributed by atoms with Crippen LogP contribution in [0.15, 0.2) is 53.9 Å². The molecule has 0 radical (unpaired) electrons. The highest BCUT2D eigenvalue weighted by molar-refractivity contribution is 7.12. The molecule has 0 spiro atoms. The van der Waals surface area contributed by atoms with Crippen molar-refractivity contribution in [3.05, 3.63) is 65.2 Å². The lowest BCUT2D eigenvalue weighted by atomic mass is 10.2. The van der Waals surface area contributed by atoms with Gasteiger partial charge in [0.25, 0.3) is 5.91 Å². The Labute approximate surface area is 202 Å². The number of hydrogen-bond donors (Lipinski definition) is 1. The number of aryl methyl sites for hydroxylation is 1. The van der Waals surface area contributed by atoms with Crippen LogP contribution in [0.5, 0.6) is 17.2 Å². The van der Waals surface area contributed by atoms with Gasteiger partial charge in [0, 0.05) is 22.6 Å². The summed E-state index contributed by atoms with van der Waals surface area (Å²) in [4.78, 5) is 17.8. The third-order valence-corrected chi connectivity index (χ3v) is 5.73. The van der Waals surface area contributed by atoms with E-state index in [1.807, 2.05) is 56.5 Å². The van der Waals surface area contributed by atoms with Crippen molar-refractivity contribution in [2.24, 2.45) is 0 Å². The van der Waals surface area contributed by atoms with Crippen LogP contribution in [-0.2, 0) is 0 Å². The molecule has 1 amide bonds. The Kier molecular flexibility index (Phi) is 7.12. The molecule has 0 unspecified atom stereocenters. The van der Waals surface area contributed by atoms with Gasteiger partial charge in [0.1, 0.15) is 11.6 Å². The molecular formula is C25H26N4O4S. The van der Waals surface area contributed by atoms with Crippen LogP contribution < -0.4 is 19.5 Å². The van der Waals surface area contributed by atoms with E-state index >= 15 is 0 Å². The number of carbonyl (C=O) groups excluding carboxylic acids is 1. The Morgan fingerprint density at radius 2 is 1.85 bits per heavy atom. The minimum absolute atomic E-state index is 0.283. The van der Waals surface area contributed by atoms with Gasteiger partial charge in [0.15, 0.2) is 11.5 Å². The van der Waals surface area contributed by atoms with E-state index in [0.29, 0.717) is 41.2 Å². The Morgan fingerprint density at radius 1 is 1.06 bits per heavy atom. The number of hydrogen-bond acceptors (Lipinski definition) is 7. The largest absolute Gasteiger partial charge is 0.497 e. The maximum Gasteiger partial charge on any atom is 0.256 e. The summed E-state index contributed by atoms with van der Waals surface area (Å²) >= 11 is 1.44. The fraction of sp³-hybridized carbons (Fsp3) is 0.240. The average Bonchev–Trinajstić information content (AvgIpc) is 3.47. The molecule has 2 heterocycles. The number of nitrogens with zero attached hydrogens (tertiary/aromatic N) is 3. The lowest BCUT2D eigenvalue weighted by Gasteiger charge is -2.12. The smallest absolute Gasteiger partial charge is 0.256 e. The SMILES string of the molecule is CCOc1ccc(C(=O)Nc2cc(C)nn2-c2nc(-c3cccc(OC)c3)cs2)cc1OCC. The summed E-state index contributed by atoms with van der Waals surface area (Å²) in [6.45, 7) is 6.63. The van der Waals surface area contributed by atoms with Crippen molar-refractivity contribution in [2.75, 3.05) is 25.6 Å². The lowest BCUT2D eigenvalue weighted by Crippen LogP contribution is -2.15. The molecule has 4 rings (SSSR count). The number of carbonyl (C=O) groups is 1. The second kappa shape index (κ2) is 10.4. The highest BCUT2D eigenvalue weighted by atomic mass is 32.1. The molecule has 0 aliphatic rings. The van der Waals surface area contributed by atoms with Gasteiger partial charge >= 0.3 is 0 Å². The fourth-order valence-electron chi connectivity index (χ4n) is 3.39. The molecule has 0 aliphatic heterocycles. The van der Waals surface area contributed by atoms with Gasteiger partial charge < -0.3 is 19.5 Å². The molecule has 176 valence electrons. The van der Waals surface area contributed by atoms with E-state index in [4.69, 9.17) is 19.2 Å². The van der Waals surface area contributed by atoms with E-state index < -0.39 is 0 Å². The number of nitrogens with one attached hydrogen (secondary N) is 1. The molecule has 0 bridgehead atoms. The number of aromatic nitrogens is 3. The van der Waals surface area contributed by atoms with Crippen molar-refractivity contribution >= 4 is 23.1 Å². The van der Waals surface area contributed by atoms with Gasteiger partial charge in [-0.2, -0.15) is 9.78 Å². The third-order valence-electron chi connectivity index (χ3n) is 4.92. The van der Waals surface area contributed by atoms with Gasteiger partial charge in [0.2, 0.25) is 5.13 Å². The van der Waals surface area contributed by atoms with Crippen LogP contribution in [0.1, 0.15) is 29.9 Å². The summed E-state index contributed by atoms with van der Waals surface area (Å²) in [5, 5.41) is 10.1. The van der Waals surface area contributed by atoms with Crippen molar-refractivity contribution in [3.8, 4) is 33.6 Å². The number of anilines is 1. The number of thiazole rings is 1. The molecule has 2 aromatic carbocycles. The van der Waals surface area contributed by atoms with E-state index in [1.165, 1.54) is 11.3 Å². The van der Waals surface area contributed by atoms with Crippen LogP contribution in [0.2, 0.25) is 0 Å². The van der Waals surface area contributed by atoms with Gasteiger partial charge in [-0.3, -0.25) is 4.79 Å². The molecule has 0 atom stereocenters. The van der Waals surface area contributed by atoms with Gasteiger partial charge in [0.05, 0.1) is 31.7 Å². The van der Waals surface area contributed by atoms with Crippen LogP contribution in [-0.4, -0.2) is 41.0 Å². The van der Waals surface area contributed by atoms with Crippen LogP contribution >= 0.6 is 11.3 Å². The first-order valence-electron chi connectivity index (χ1n) is 10.9. The summed E-state index contributed by atoms with van der Waals surface area (Å²) in [5.41, 5.74) is 2.95. The van der Waals surface area contributed by atoms with Crippen LogP contribution in [0, 0.1) is 6.92 Å². The summed E-state index contributed by atoms with van der Waals surface area (Å²) in [6, 6.07) is 14.7. The topological polar surface area (TPSA) is 87.5 Å². The van der Waals surface area contributed by atoms with E-state index in [2.05, 4.69) is 10.4 Å². The first kappa shape index (κ1) is 23.3. The molecule has 8 nitrogen and oxygen atoms in total. The molecule has 0 aliphatic carbocycles. The number of amides is 1. The second-order valence-corrected chi connectivity index (χ2v) is 8.15. The van der Waals surface area contributed by atoms with Crippen LogP contribution in [0.25, 0.3) is 16.4 Å². The van der Waals surface area contributed by atoms with Gasteiger partial charge in [-0.1, -0.05) is 12.1 Å². The Balaban J connectivity index is 1.59. The number of methoxy groups -OCH3 is 1. The summed E-state index contributed by atoms with van der Waals surface area (Å²) in [5.74, 6) is 2.14. The monoisotopic (exact) mass is 478 g/mol. The molecule has 0 saturated heterocycles. The first-order chi connectivity index (χ1) is 16.5. The molecule has 9 heteroatoms. The molecular weight excluding hydrogens is 452 g/mol. The van der Waals surface area contributed by atoms with Crippen LogP contribution in [0.3, 0.4) is 0 Å². The Hall–Kier alpha value is -3.85.